The van der Waals surface area contributed by atoms with E-state index in [0.717, 1.165) is 10.7 Å². The van der Waals surface area contributed by atoms with Crippen molar-refractivity contribution in [2.24, 2.45) is 0 Å². The van der Waals surface area contributed by atoms with E-state index < -0.39 is 0 Å². The summed E-state index contributed by atoms with van der Waals surface area (Å²) >= 11 is 7.54. The van der Waals surface area contributed by atoms with Crippen LogP contribution in [-0.2, 0) is 0 Å². The van der Waals surface area contributed by atoms with Crippen molar-refractivity contribution in [2.45, 2.75) is 17.3 Å². The highest BCUT2D eigenvalue weighted by molar-refractivity contribution is 7.99. The van der Waals surface area contributed by atoms with Gasteiger partial charge in [0.2, 0.25) is 0 Å². The maximum absolute atomic E-state index is 5.90. The normalized spacial score (nSPS) is 12.7. The van der Waals surface area contributed by atoms with Gasteiger partial charge in [-0.1, -0.05) is 29.4 Å². The summed E-state index contributed by atoms with van der Waals surface area (Å²) in [6.07, 6.45) is 5.24. The second kappa shape index (κ2) is 5.19. The largest absolute Gasteiger partial charge is 0.331 e. The van der Waals surface area contributed by atoms with Gasteiger partial charge in [-0.2, -0.15) is 0 Å². The van der Waals surface area contributed by atoms with Crippen molar-refractivity contribution in [1.29, 1.82) is 0 Å². The van der Waals surface area contributed by atoms with Gasteiger partial charge < -0.3 is 4.98 Å². The lowest BCUT2D eigenvalue weighted by Crippen LogP contribution is -1.89. The Balaban J connectivity index is 1.85. The number of nitrogens with one attached hydrogen (secondary N) is 1. The van der Waals surface area contributed by atoms with Crippen LogP contribution in [0, 0.1) is 0 Å². The summed E-state index contributed by atoms with van der Waals surface area (Å²) < 4.78 is 0. The first-order chi connectivity index (χ1) is 9.22. The van der Waals surface area contributed by atoms with Crippen LogP contribution in [0.5, 0.6) is 0 Å². The molecular formula is C13H11ClN4S. The van der Waals surface area contributed by atoms with Crippen LogP contribution >= 0.6 is 23.4 Å². The highest BCUT2D eigenvalue weighted by Gasteiger charge is 2.11. The molecule has 3 aromatic heterocycles. The first kappa shape index (κ1) is 12.4. The smallest absolute Gasteiger partial charge is 0.178 e. The summed E-state index contributed by atoms with van der Waals surface area (Å²) in [7, 11) is 0. The lowest BCUT2D eigenvalue weighted by Gasteiger charge is -2.08. The summed E-state index contributed by atoms with van der Waals surface area (Å²) in [6, 6.07) is 5.82. The number of nitrogens with zero attached hydrogens (tertiary/aromatic N) is 3. The number of hydrogen-bond donors (Lipinski definition) is 1. The molecule has 0 aliphatic rings. The van der Waals surface area contributed by atoms with E-state index in [2.05, 4.69) is 32.9 Å². The molecule has 0 radical (unpaired) electrons. The van der Waals surface area contributed by atoms with Crippen LogP contribution in [0.2, 0.25) is 5.02 Å². The van der Waals surface area contributed by atoms with Gasteiger partial charge in [0.05, 0.1) is 10.5 Å². The molecule has 96 valence electrons. The van der Waals surface area contributed by atoms with Crippen molar-refractivity contribution in [3.05, 3.63) is 47.4 Å². The summed E-state index contributed by atoms with van der Waals surface area (Å²) in [5.74, 6) is 0. The standard InChI is InChI=1S/C13H11ClN4S/c1-8(9-3-2-4-15-6-9)19-13-17-11-5-10(14)7-16-12(11)18-13/h2-8H,1H3,(H,16,17,18). The van der Waals surface area contributed by atoms with Crippen LogP contribution in [0.1, 0.15) is 17.7 Å². The summed E-state index contributed by atoms with van der Waals surface area (Å²) in [4.78, 5) is 16.0. The van der Waals surface area contributed by atoms with E-state index in [1.807, 2.05) is 18.3 Å². The number of rotatable bonds is 3. The van der Waals surface area contributed by atoms with Gasteiger partial charge in [-0.3, -0.25) is 4.98 Å². The first-order valence-corrected chi connectivity index (χ1v) is 7.06. The molecule has 1 N–H and O–H groups in total. The molecule has 3 heterocycles. The van der Waals surface area contributed by atoms with E-state index in [-0.39, 0.29) is 5.25 Å². The second-order valence-electron chi connectivity index (χ2n) is 4.11. The summed E-state index contributed by atoms with van der Waals surface area (Å²) in [6.45, 7) is 2.12. The molecule has 0 aliphatic carbocycles. The van der Waals surface area contributed by atoms with Gasteiger partial charge in [0.25, 0.3) is 0 Å². The van der Waals surface area contributed by atoms with Gasteiger partial charge in [-0.25, -0.2) is 9.97 Å². The second-order valence-corrected chi connectivity index (χ2v) is 5.88. The van der Waals surface area contributed by atoms with E-state index in [1.165, 1.54) is 5.56 Å². The molecule has 0 saturated carbocycles. The third kappa shape index (κ3) is 2.72. The molecule has 1 atom stereocenters. The zero-order valence-corrected chi connectivity index (χ0v) is 11.7. The van der Waals surface area contributed by atoms with Crippen LogP contribution in [0.3, 0.4) is 0 Å². The number of thioether (sulfide) groups is 1. The van der Waals surface area contributed by atoms with E-state index in [9.17, 15) is 0 Å². The van der Waals surface area contributed by atoms with Gasteiger partial charge in [-0.15, -0.1) is 0 Å². The molecule has 1 unspecified atom stereocenters. The molecule has 0 aromatic carbocycles. The van der Waals surface area contributed by atoms with Crippen molar-refractivity contribution < 1.29 is 0 Å². The molecular weight excluding hydrogens is 280 g/mol. The Morgan fingerprint density at radius 3 is 3.05 bits per heavy atom. The number of imidazole rings is 1. The lowest BCUT2D eigenvalue weighted by atomic mass is 10.2. The Hall–Kier alpha value is -1.59. The van der Waals surface area contributed by atoms with E-state index in [1.54, 1.807) is 24.2 Å². The maximum atomic E-state index is 5.90. The highest BCUT2D eigenvalue weighted by atomic mass is 35.5. The minimum absolute atomic E-state index is 0.268. The maximum Gasteiger partial charge on any atom is 0.178 e. The quantitative estimate of drug-likeness (QED) is 0.744. The fourth-order valence-electron chi connectivity index (χ4n) is 1.76. The average Bonchev–Trinajstić information content (AvgIpc) is 2.81. The van der Waals surface area contributed by atoms with Crippen molar-refractivity contribution in [3.63, 3.8) is 0 Å². The van der Waals surface area contributed by atoms with E-state index in [4.69, 9.17) is 11.6 Å². The lowest BCUT2D eigenvalue weighted by molar-refractivity contribution is 1.02. The topological polar surface area (TPSA) is 54.5 Å². The SMILES string of the molecule is CC(Sc1nc2ncc(Cl)cc2[nH]1)c1cccnc1. The van der Waals surface area contributed by atoms with Crippen LogP contribution in [-0.4, -0.2) is 19.9 Å². The number of halogens is 1. The molecule has 3 rings (SSSR count). The van der Waals surface area contributed by atoms with Gasteiger partial charge in [0.15, 0.2) is 10.8 Å². The molecule has 0 amide bonds. The predicted octanol–water partition coefficient (Wildman–Crippen LogP) is 3.86. The third-order valence-corrected chi connectivity index (χ3v) is 3.97. The zero-order chi connectivity index (χ0) is 13.2. The summed E-state index contributed by atoms with van der Waals surface area (Å²) in [5.41, 5.74) is 2.71. The van der Waals surface area contributed by atoms with Gasteiger partial charge in [0.1, 0.15) is 0 Å². The minimum atomic E-state index is 0.268. The van der Waals surface area contributed by atoms with Crippen LogP contribution < -0.4 is 0 Å². The zero-order valence-electron chi connectivity index (χ0n) is 10.2. The molecule has 0 aliphatic heterocycles. The van der Waals surface area contributed by atoms with Crippen LogP contribution in [0.4, 0.5) is 0 Å². The number of hydrogen-bond acceptors (Lipinski definition) is 4. The Labute approximate surface area is 119 Å². The van der Waals surface area contributed by atoms with Crippen molar-refractivity contribution in [1.82, 2.24) is 19.9 Å². The Kier molecular flexibility index (Phi) is 3.40. The predicted molar refractivity (Wildman–Crippen MR) is 77.4 cm³/mol. The molecule has 0 saturated heterocycles. The molecule has 19 heavy (non-hydrogen) atoms. The number of aromatic amines is 1. The van der Waals surface area contributed by atoms with E-state index in [0.29, 0.717) is 10.7 Å². The van der Waals surface area contributed by atoms with Gasteiger partial charge in [0, 0.05) is 23.8 Å². The molecule has 0 fully saturated rings. The molecule has 4 nitrogen and oxygen atoms in total. The van der Waals surface area contributed by atoms with Crippen molar-refractivity contribution in [3.8, 4) is 0 Å². The average molecular weight is 291 g/mol. The van der Waals surface area contributed by atoms with Gasteiger partial charge in [-0.05, 0) is 24.6 Å². The molecule has 3 aromatic rings. The number of aromatic nitrogens is 4. The van der Waals surface area contributed by atoms with Crippen LogP contribution in [0.15, 0.2) is 41.9 Å². The Morgan fingerprint density at radius 1 is 1.37 bits per heavy atom. The first-order valence-electron chi connectivity index (χ1n) is 5.80. The fourth-order valence-corrected chi connectivity index (χ4v) is 2.84. The fraction of sp³-hybridized carbons (Fsp3) is 0.154. The Bertz CT molecular complexity index is 698. The Morgan fingerprint density at radius 2 is 2.26 bits per heavy atom. The van der Waals surface area contributed by atoms with E-state index >= 15 is 0 Å². The van der Waals surface area contributed by atoms with Gasteiger partial charge >= 0.3 is 0 Å². The monoisotopic (exact) mass is 290 g/mol. The molecule has 0 bridgehead atoms. The number of H-pyrrole nitrogens is 1. The highest BCUT2D eigenvalue weighted by Crippen LogP contribution is 2.33. The van der Waals surface area contributed by atoms with Crippen LogP contribution in [0.25, 0.3) is 11.2 Å². The molecule has 0 spiro atoms. The summed E-state index contributed by atoms with van der Waals surface area (Å²) in [5, 5.41) is 1.71. The number of pyridine rings is 2. The molecule has 6 heteroatoms. The van der Waals surface area contributed by atoms with Crippen molar-refractivity contribution in [2.75, 3.05) is 0 Å². The van der Waals surface area contributed by atoms with Crippen molar-refractivity contribution >= 4 is 34.5 Å². The number of fused-ring (bicyclic) bond motifs is 1. The minimum Gasteiger partial charge on any atom is -0.331 e. The third-order valence-electron chi connectivity index (χ3n) is 2.72.